The van der Waals surface area contributed by atoms with E-state index in [-0.39, 0.29) is 0 Å². The molecule has 0 spiro atoms. The fourth-order valence-corrected chi connectivity index (χ4v) is 3.28. The average Bonchev–Trinajstić information content (AvgIpc) is 2.48. The lowest BCUT2D eigenvalue weighted by atomic mass is 10.3. The molecular weight excluding hydrogens is 274 g/mol. The largest absolute Gasteiger partial charge is 0.477 e. The van der Waals surface area contributed by atoms with Gasteiger partial charge in [0.15, 0.2) is 0 Å². The Hall–Kier alpha value is -1.10. The zero-order valence-corrected chi connectivity index (χ0v) is 12.7. The zero-order chi connectivity index (χ0) is 13.2. The SMILES string of the molecule is c1ccc(OPCCCPOc2ccccc2)cc1. The van der Waals surface area contributed by atoms with Gasteiger partial charge in [0.2, 0.25) is 0 Å². The van der Waals surface area contributed by atoms with Crippen LogP contribution in [0.2, 0.25) is 0 Å². The summed E-state index contributed by atoms with van der Waals surface area (Å²) in [7, 11) is 1.07. The molecule has 0 heterocycles. The van der Waals surface area contributed by atoms with E-state index in [9.17, 15) is 0 Å². The van der Waals surface area contributed by atoms with Crippen molar-refractivity contribution in [2.45, 2.75) is 6.42 Å². The number of benzene rings is 2. The summed E-state index contributed by atoms with van der Waals surface area (Å²) in [4.78, 5) is 0. The quantitative estimate of drug-likeness (QED) is 0.517. The minimum Gasteiger partial charge on any atom is -0.477 e. The first-order chi connectivity index (χ1) is 9.45. The van der Waals surface area contributed by atoms with Crippen LogP contribution in [0.4, 0.5) is 0 Å². The molecule has 0 saturated carbocycles. The number of hydrogen-bond acceptors (Lipinski definition) is 2. The molecule has 2 aromatic carbocycles. The summed E-state index contributed by atoms with van der Waals surface area (Å²) in [6.45, 7) is 0. The summed E-state index contributed by atoms with van der Waals surface area (Å²) in [6.07, 6.45) is 3.34. The monoisotopic (exact) mass is 292 g/mol. The lowest BCUT2D eigenvalue weighted by molar-refractivity contribution is 0.623. The molecule has 2 unspecified atom stereocenters. The molecule has 0 fully saturated rings. The average molecular weight is 292 g/mol. The third-order valence-corrected chi connectivity index (χ3v) is 4.30. The van der Waals surface area contributed by atoms with Gasteiger partial charge in [-0.1, -0.05) is 36.4 Å². The second kappa shape index (κ2) is 8.91. The van der Waals surface area contributed by atoms with Crippen LogP contribution < -0.4 is 9.05 Å². The Morgan fingerprint density at radius 2 is 1.05 bits per heavy atom. The van der Waals surface area contributed by atoms with E-state index in [0.717, 1.165) is 30.2 Å². The van der Waals surface area contributed by atoms with Crippen LogP contribution in [0.5, 0.6) is 11.5 Å². The van der Waals surface area contributed by atoms with Crippen LogP contribution in [-0.4, -0.2) is 12.3 Å². The van der Waals surface area contributed by atoms with Crippen molar-refractivity contribution >= 4 is 17.6 Å². The Morgan fingerprint density at radius 1 is 0.632 bits per heavy atom. The van der Waals surface area contributed by atoms with E-state index < -0.39 is 0 Å². The lowest BCUT2D eigenvalue weighted by Gasteiger charge is -2.06. The van der Waals surface area contributed by atoms with E-state index in [1.807, 2.05) is 60.7 Å². The summed E-state index contributed by atoms with van der Waals surface area (Å²) in [5.74, 6) is 1.92. The molecule has 0 bridgehead atoms. The Morgan fingerprint density at radius 3 is 1.47 bits per heavy atom. The number of para-hydroxylation sites is 2. The number of hydrogen-bond donors (Lipinski definition) is 0. The Labute approximate surface area is 118 Å². The summed E-state index contributed by atoms with van der Waals surface area (Å²) in [5.41, 5.74) is 0. The third-order valence-electron chi connectivity index (χ3n) is 2.42. The molecule has 0 amide bonds. The highest BCUT2D eigenvalue weighted by atomic mass is 31.1. The van der Waals surface area contributed by atoms with Crippen molar-refractivity contribution in [3.8, 4) is 11.5 Å². The van der Waals surface area contributed by atoms with Gasteiger partial charge in [0.1, 0.15) is 11.5 Å². The topological polar surface area (TPSA) is 18.5 Å². The molecule has 0 saturated heterocycles. The van der Waals surface area contributed by atoms with Crippen molar-refractivity contribution in [3.05, 3.63) is 60.7 Å². The van der Waals surface area contributed by atoms with E-state index in [4.69, 9.17) is 9.05 Å². The highest BCUT2D eigenvalue weighted by Crippen LogP contribution is 2.24. The Balaban J connectivity index is 1.49. The van der Waals surface area contributed by atoms with Crippen molar-refractivity contribution in [1.82, 2.24) is 0 Å². The summed E-state index contributed by atoms with van der Waals surface area (Å²) in [6, 6.07) is 19.9. The molecule has 2 atom stereocenters. The first-order valence-electron chi connectivity index (χ1n) is 6.34. The highest BCUT2D eigenvalue weighted by Gasteiger charge is 1.95. The van der Waals surface area contributed by atoms with Crippen LogP contribution in [0.3, 0.4) is 0 Å². The molecule has 0 aliphatic heterocycles. The first-order valence-corrected chi connectivity index (χ1v) is 8.58. The molecule has 0 aromatic heterocycles. The molecule has 0 N–H and O–H groups in total. The zero-order valence-electron chi connectivity index (χ0n) is 10.7. The molecule has 2 nitrogen and oxygen atoms in total. The number of rotatable bonds is 8. The molecule has 0 radical (unpaired) electrons. The van der Waals surface area contributed by atoms with Crippen molar-refractivity contribution in [1.29, 1.82) is 0 Å². The van der Waals surface area contributed by atoms with Gasteiger partial charge in [-0.25, -0.2) is 0 Å². The second-order valence-electron chi connectivity index (χ2n) is 3.97. The molecule has 19 heavy (non-hydrogen) atoms. The van der Waals surface area contributed by atoms with Gasteiger partial charge >= 0.3 is 0 Å². The normalized spacial score (nSPS) is 11.4. The standard InChI is InChI=1S/C15H18O2P2/c1-3-8-14(9-4-1)16-18-12-7-13-19-17-15-10-5-2-6-11-15/h1-6,8-11,18-19H,7,12-13H2. The van der Waals surface area contributed by atoms with Gasteiger partial charge in [0, 0.05) is 12.3 Å². The third kappa shape index (κ3) is 6.05. The molecule has 2 rings (SSSR count). The van der Waals surface area contributed by atoms with Crippen molar-refractivity contribution < 1.29 is 9.05 Å². The maximum absolute atomic E-state index is 5.66. The minimum absolute atomic E-state index is 0.536. The van der Waals surface area contributed by atoms with E-state index in [1.54, 1.807) is 0 Å². The molecule has 0 aliphatic carbocycles. The van der Waals surface area contributed by atoms with Crippen LogP contribution in [-0.2, 0) is 0 Å². The van der Waals surface area contributed by atoms with E-state index in [0.29, 0.717) is 17.6 Å². The smallest absolute Gasteiger partial charge is 0.122 e. The van der Waals surface area contributed by atoms with Crippen LogP contribution in [0.15, 0.2) is 60.7 Å². The highest BCUT2D eigenvalue weighted by molar-refractivity contribution is 7.33. The van der Waals surface area contributed by atoms with Gasteiger partial charge in [-0.3, -0.25) is 0 Å². The fraction of sp³-hybridized carbons (Fsp3) is 0.200. The summed E-state index contributed by atoms with van der Waals surface area (Å²) in [5, 5.41) is 0. The van der Waals surface area contributed by atoms with Gasteiger partial charge in [-0.2, -0.15) is 0 Å². The maximum Gasteiger partial charge on any atom is 0.122 e. The van der Waals surface area contributed by atoms with Crippen LogP contribution >= 0.6 is 17.6 Å². The van der Waals surface area contributed by atoms with Gasteiger partial charge in [-0.05, 0) is 30.7 Å². The van der Waals surface area contributed by atoms with E-state index >= 15 is 0 Å². The lowest BCUT2D eigenvalue weighted by Crippen LogP contribution is -1.87. The molecular formula is C15H18O2P2. The Kier molecular flexibility index (Phi) is 6.71. The maximum atomic E-state index is 5.66. The fourth-order valence-electron chi connectivity index (χ4n) is 1.48. The van der Waals surface area contributed by atoms with Crippen LogP contribution in [0.1, 0.15) is 6.42 Å². The van der Waals surface area contributed by atoms with E-state index in [1.165, 1.54) is 0 Å². The van der Waals surface area contributed by atoms with Gasteiger partial charge in [0.25, 0.3) is 0 Å². The van der Waals surface area contributed by atoms with E-state index in [2.05, 4.69) is 0 Å². The Bertz CT molecular complexity index is 405. The molecule has 4 heteroatoms. The van der Waals surface area contributed by atoms with Crippen LogP contribution in [0.25, 0.3) is 0 Å². The molecule has 0 aliphatic rings. The second-order valence-corrected chi connectivity index (χ2v) is 5.96. The van der Waals surface area contributed by atoms with Gasteiger partial charge in [-0.15, -0.1) is 0 Å². The predicted molar refractivity (Wildman–Crippen MR) is 85.1 cm³/mol. The minimum atomic E-state index is 0.536. The first kappa shape index (κ1) is 14.3. The summed E-state index contributed by atoms with van der Waals surface area (Å²) >= 11 is 0. The molecule has 2 aromatic rings. The predicted octanol–water partition coefficient (Wildman–Crippen LogP) is 4.72. The van der Waals surface area contributed by atoms with Crippen LogP contribution in [0, 0.1) is 0 Å². The van der Waals surface area contributed by atoms with Crippen molar-refractivity contribution in [2.75, 3.05) is 12.3 Å². The van der Waals surface area contributed by atoms with Gasteiger partial charge in [0.05, 0.1) is 17.6 Å². The van der Waals surface area contributed by atoms with Gasteiger partial charge < -0.3 is 9.05 Å². The van der Waals surface area contributed by atoms with Crippen molar-refractivity contribution in [3.63, 3.8) is 0 Å². The van der Waals surface area contributed by atoms with Crippen molar-refractivity contribution in [2.24, 2.45) is 0 Å². The summed E-state index contributed by atoms with van der Waals surface area (Å²) < 4.78 is 11.3. The molecule has 100 valence electrons.